The number of piperidine rings is 1. The monoisotopic (exact) mass is 358 g/mol. The Morgan fingerprint density at radius 2 is 2.08 bits per heavy atom. The van der Waals surface area contributed by atoms with Crippen molar-refractivity contribution in [3.8, 4) is 0 Å². The summed E-state index contributed by atoms with van der Waals surface area (Å²) >= 11 is 0. The average Bonchev–Trinajstić information content (AvgIpc) is 3.32. The van der Waals surface area contributed by atoms with Gasteiger partial charge in [0.2, 0.25) is 0 Å². The molecule has 0 N–H and O–H groups in total. The summed E-state index contributed by atoms with van der Waals surface area (Å²) in [5.74, 6) is 2.24. The molecule has 2 fully saturated rings. The summed E-state index contributed by atoms with van der Waals surface area (Å²) in [5, 5.41) is 12.8. The van der Waals surface area contributed by atoms with Gasteiger partial charge >= 0.3 is 0 Å². The maximum atomic E-state index is 6.17. The smallest absolute Gasteiger partial charge is 0.135 e. The first-order valence-corrected chi connectivity index (χ1v) is 9.94. The Morgan fingerprint density at radius 1 is 1.23 bits per heavy atom. The van der Waals surface area contributed by atoms with Crippen LogP contribution in [0.2, 0.25) is 0 Å². The fourth-order valence-corrected chi connectivity index (χ4v) is 4.47. The molecule has 0 spiro atoms. The van der Waals surface area contributed by atoms with E-state index in [9.17, 15) is 0 Å². The zero-order chi connectivity index (χ0) is 17.9. The molecule has 2 aromatic heterocycles. The Hall–Kier alpha value is -1.73. The van der Waals surface area contributed by atoms with Gasteiger partial charge in [-0.3, -0.25) is 4.68 Å². The zero-order valence-electron chi connectivity index (χ0n) is 15.9. The highest BCUT2D eigenvalue weighted by molar-refractivity contribution is 5.11. The number of hydrogen-bond donors (Lipinski definition) is 0. The summed E-state index contributed by atoms with van der Waals surface area (Å²) in [5.41, 5.74) is 1.24. The zero-order valence-corrected chi connectivity index (χ0v) is 15.9. The lowest BCUT2D eigenvalue weighted by Crippen LogP contribution is -2.40. The number of aryl methyl sites for hydroxylation is 2. The van der Waals surface area contributed by atoms with Gasteiger partial charge in [0.1, 0.15) is 12.2 Å². The van der Waals surface area contributed by atoms with Crippen LogP contribution >= 0.6 is 0 Å². The van der Waals surface area contributed by atoms with E-state index < -0.39 is 0 Å². The van der Waals surface area contributed by atoms with Gasteiger partial charge in [0.05, 0.1) is 12.3 Å². The Morgan fingerprint density at radius 3 is 2.77 bits per heavy atom. The summed E-state index contributed by atoms with van der Waals surface area (Å²) < 4.78 is 10.2. The highest BCUT2D eigenvalue weighted by atomic mass is 16.5. The topological polar surface area (TPSA) is 61.0 Å². The number of nitrogens with zero attached hydrogens (tertiary/aromatic N) is 6. The van der Waals surface area contributed by atoms with Gasteiger partial charge in [0, 0.05) is 50.3 Å². The van der Waals surface area contributed by atoms with Gasteiger partial charge in [-0.15, -0.1) is 10.2 Å². The van der Waals surface area contributed by atoms with Crippen molar-refractivity contribution in [2.45, 2.75) is 51.2 Å². The van der Waals surface area contributed by atoms with Crippen molar-refractivity contribution in [1.29, 1.82) is 0 Å². The lowest BCUT2D eigenvalue weighted by molar-refractivity contribution is -0.0409. The van der Waals surface area contributed by atoms with Crippen LogP contribution in [-0.2, 0) is 18.3 Å². The van der Waals surface area contributed by atoms with Gasteiger partial charge in [0.25, 0.3) is 0 Å². The van der Waals surface area contributed by atoms with Gasteiger partial charge in [-0.05, 0) is 45.7 Å². The third-order valence-electron chi connectivity index (χ3n) is 5.94. The SMILES string of the molecule is CCn1cc([C@@H]2OCCC[C@H]2CN2CCC(c3nncn3C)CC2)cn1. The molecule has 4 rings (SSSR count). The molecule has 4 heterocycles. The second-order valence-corrected chi connectivity index (χ2v) is 7.70. The standard InChI is InChI=1S/C19H30N6O/c1-3-25-13-17(11-21-25)18-16(5-4-10-26-18)12-24-8-6-15(7-9-24)19-22-20-14-23(19)2/h11,13-16,18H,3-10,12H2,1-2H3/t16-,18+/m0/s1. The second-order valence-electron chi connectivity index (χ2n) is 7.70. The Balaban J connectivity index is 1.36. The van der Waals surface area contributed by atoms with Gasteiger partial charge in [-0.2, -0.15) is 5.10 Å². The molecule has 2 aliphatic heterocycles. The first-order chi connectivity index (χ1) is 12.7. The number of hydrogen-bond acceptors (Lipinski definition) is 5. The molecule has 0 radical (unpaired) electrons. The van der Waals surface area contributed by atoms with E-state index in [4.69, 9.17) is 4.74 Å². The molecule has 7 heteroatoms. The molecule has 2 aliphatic rings. The van der Waals surface area contributed by atoms with Crippen LogP contribution in [-0.4, -0.2) is 55.7 Å². The molecule has 0 aromatic carbocycles. The molecule has 2 saturated heterocycles. The molecule has 0 aliphatic carbocycles. The maximum Gasteiger partial charge on any atom is 0.135 e. The summed E-state index contributed by atoms with van der Waals surface area (Å²) in [6, 6.07) is 0. The first-order valence-electron chi connectivity index (χ1n) is 9.94. The summed E-state index contributed by atoms with van der Waals surface area (Å²) in [6.07, 6.45) is 10.9. The van der Waals surface area contributed by atoms with E-state index in [0.717, 1.165) is 38.6 Å². The minimum atomic E-state index is 0.195. The van der Waals surface area contributed by atoms with E-state index >= 15 is 0 Å². The molecule has 26 heavy (non-hydrogen) atoms. The van der Waals surface area contributed by atoms with Crippen molar-refractivity contribution in [2.75, 3.05) is 26.2 Å². The van der Waals surface area contributed by atoms with Gasteiger partial charge in [0.15, 0.2) is 0 Å². The Labute approximate surface area is 155 Å². The highest BCUT2D eigenvalue weighted by Crippen LogP contribution is 2.35. The minimum absolute atomic E-state index is 0.195. The Kier molecular flexibility index (Phi) is 5.36. The summed E-state index contributed by atoms with van der Waals surface area (Å²) in [7, 11) is 2.04. The van der Waals surface area contributed by atoms with E-state index in [0.29, 0.717) is 11.8 Å². The quantitative estimate of drug-likeness (QED) is 0.821. The van der Waals surface area contributed by atoms with Gasteiger partial charge in [-0.1, -0.05) is 0 Å². The Bertz CT molecular complexity index is 702. The second kappa shape index (κ2) is 7.88. The van der Waals surface area contributed by atoms with Crippen molar-refractivity contribution in [3.05, 3.63) is 30.1 Å². The molecular weight excluding hydrogens is 328 g/mol. The van der Waals surface area contributed by atoms with Crippen LogP contribution in [0.3, 0.4) is 0 Å². The molecule has 0 bridgehead atoms. The molecule has 0 amide bonds. The van der Waals surface area contributed by atoms with E-state index in [-0.39, 0.29) is 6.10 Å². The predicted molar refractivity (Wildman–Crippen MR) is 98.7 cm³/mol. The van der Waals surface area contributed by atoms with Crippen LogP contribution in [0.5, 0.6) is 0 Å². The fraction of sp³-hybridized carbons (Fsp3) is 0.737. The lowest BCUT2D eigenvalue weighted by Gasteiger charge is -2.38. The first kappa shape index (κ1) is 17.7. The van der Waals surface area contributed by atoms with Crippen molar-refractivity contribution in [2.24, 2.45) is 13.0 Å². The predicted octanol–water partition coefficient (Wildman–Crippen LogP) is 2.38. The van der Waals surface area contributed by atoms with Crippen molar-refractivity contribution in [1.82, 2.24) is 29.4 Å². The van der Waals surface area contributed by atoms with Crippen LogP contribution in [0.1, 0.15) is 56.0 Å². The highest BCUT2D eigenvalue weighted by Gasteiger charge is 2.32. The van der Waals surface area contributed by atoms with Crippen LogP contribution in [0.4, 0.5) is 0 Å². The average molecular weight is 358 g/mol. The minimum Gasteiger partial charge on any atom is -0.373 e. The molecule has 7 nitrogen and oxygen atoms in total. The van der Waals surface area contributed by atoms with Crippen LogP contribution in [0.15, 0.2) is 18.7 Å². The van der Waals surface area contributed by atoms with Crippen molar-refractivity contribution in [3.63, 3.8) is 0 Å². The summed E-state index contributed by atoms with van der Waals surface area (Å²) in [6.45, 7) is 7.29. The molecule has 2 aromatic rings. The molecular formula is C19H30N6O. The number of likely N-dealkylation sites (tertiary alicyclic amines) is 1. The molecule has 142 valence electrons. The van der Waals surface area contributed by atoms with Gasteiger partial charge < -0.3 is 14.2 Å². The number of ether oxygens (including phenoxy) is 1. The number of rotatable bonds is 5. The lowest BCUT2D eigenvalue weighted by atomic mass is 9.88. The van der Waals surface area contributed by atoms with Crippen LogP contribution in [0.25, 0.3) is 0 Å². The molecule has 0 unspecified atom stereocenters. The van der Waals surface area contributed by atoms with E-state index in [1.165, 1.54) is 31.2 Å². The van der Waals surface area contributed by atoms with Crippen LogP contribution in [0, 0.1) is 5.92 Å². The normalized spacial score (nSPS) is 25.6. The van der Waals surface area contributed by atoms with E-state index in [1.807, 2.05) is 24.3 Å². The summed E-state index contributed by atoms with van der Waals surface area (Å²) in [4.78, 5) is 2.61. The van der Waals surface area contributed by atoms with E-state index in [1.54, 1.807) is 0 Å². The van der Waals surface area contributed by atoms with Crippen LogP contribution < -0.4 is 0 Å². The van der Waals surface area contributed by atoms with Gasteiger partial charge in [-0.25, -0.2) is 0 Å². The maximum absolute atomic E-state index is 6.17. The third kappa shape index (κ3) is 3.69. The largest absolute Gasteiger partial charge is 0.373 e. The van der Waals surface area contributed by atoms with Crippen molar-refractivity contribution < 1.29 is 4.74 Å². The molecule has 2 atom stereocenters. The number of aromatic nitrogens is 5. The van der Waals surface area contributed by atoms with E-state index in [2.05, 4.69) is 37.9 Å². The van der Waals surface area contributed by atoms with Crippen molar-refractivity contribution >= 4 is 0 Å². The molecule has 0 saturated carbocycles. The fourth-order valence-electron chi connectivity index (χ4n) is 4.47. The third-order valence-corrected chi connectivity index (χ3v) is 5.94.